The zero-order chi connectivity index (χ0) is 10.7. The third-order valence-electron chi connectivity index (χ3n) is 2.25. The zero-order valence-electron chi connectivity index (χ0n) is 8.94. The van der Waals surface area contributed by atoms with Gasteiger partial charge in [-0.05, 0) is 25.5 Å². The third-order valence-corrected chi connectivity index (χ3v) is 2.25. The van der Waals surface area contributed by atoms with Crippen LogP contribution in [0.25, 0.3) is 5.69 Å². The number of rotatable bonds is 3. The van der Waals surface area contributed by atoms with E-state index in [1.54, 1.807) is 12.4 Å². The van der Waals surface area contributed by atoms with E-state index in [9.17, 15) is 0 Å². The lowest BCUT2D eigenvalue weighted by atomic mass is 10.2. The molecule has 0 fully saturated rings. The van der Waals surface area contributed by atoms with E-state index in [0.29, 0.717) is 0 Å². The number of hydrogen-bond acceptors (Lipinski definition) is 3. The lowest BCUT2D eigenvalue weighted by molar-refractivity contribution is 0.998. The normalized spacial score (nSPS) is 10.3. The van der Waals surface area contributed by atoms with Crippen molar-refractivity contribution in [3.63, 3.8) is 0 Å². The molecule has 4 nitrogen and oxygen atoms in total. The van der Waals surface area contributed by atoms with E-state index in [0.717, 1.165) is 18.2 Å². The minimum atomic E-state index is 0.855. The van der Waals surface area contributed by atoms with Crippen LogP contribution in [0.3, 0.4) is 0 Å². The van der Waals surface area contributed by atoms with E-state index < -0.39 is 0 Å². The predicted octanol–water partition coefficient (Wildman–Crippen LogP) is 2.01. The summed E-state index contributed by atoms with van der Waals surface area (Å²) in [5.41, 5.74) is 2.24. The van der Waals surface area contributed by atoms with Crippen LogP contribution in [0.5, 0.6) is 0 Å². The molecule has 2 aromatic heterocycles. The molecule has 1 N–H and O–H groups in total. The lowest BCUT2D eigenvalue weighted by Crippen LogP contribution is -2.06. The van der Waals surface area contributed by atoms with Gasteiger partial charge in [0.2, 0.25) is 5.95 Å². The summed E-state index contributed by atoms with van der Waals surface area (Å²) in [5, 5.41) is 3.21. The van der Waals surface area contributed by atoms with E-state index in [1.165, 1.54) is 5.56 Å². The number of hydrogen-bond donors (Lipinski definition) is 1. The molecule has 0 aliphatic rings. The van der Waals surface area contributed by atoms with Crippen molar-refractivity contribution in [3.8, 4) is 5.69 Å². The Balaban J connectivity index is 2.45. The Morgan fingerprint density at radius 2 is 2.27 bits per heavy atom. The van der Waals surface area contributed by atoms with Crippen molar-refractivity contribution < 1.29 is 0 Å². The van der Waals surface area contributed by atoms with E-state index in [2.05, 4.69) is 29.1 Å². The number of nitrogens with one attached hydrogen (secondary N) is 1. The average molecular weight is 202 g/mol. The van der Waals surface area contributed by atoms with Gasteiger partial charge in [-0.25, -0.2) is 4.98 Å². The van der Waals surface area contributed by atoms with Crippen molar-refractivity contribution in [2.75, 3.05) is 11.9 Å². The Morgan fingerprint density at radius 3 is 3.00 bits per heavy atom. The first kappa shape index (κ1) is 9.71. The number of aryl methyl sites for hydroxylation is 1. The van der Waals surface area contributed by atoms with Crippen LogP contribution in [0.15, 0.2) is 30.9 Å². The van der Waals surface area contributed by atoms with Gasteiger partial charge in [0.05, 0.1) is 11.9 Å². The van der Waals surface area contributed by atoms with Crippen LogP contribution in [0.4, 0.5) is 5.95 Å². The highest BCUT2D eigenvalue weighted by atomic mass is 15.2. The third kappa shape index (κ3) is 1.83. The molecule has 2 aromatic rings. The second-order valence-corrected chi connectivity index (χ2v) is 3.31. The fourth-order valence-electron chi connectivity index (χ4n) is 1.49. The van der Waals surface area contributed by atoms with Gasteiger partial charge in [0, 0.05) is 25.1 Å². The summed E-state index contributed by atoms with van der Waals surface area (Å²) in [6, 6.07) is 1.99. The average Bonchev–Trinajstić information content (AvgIpc) is 2.67. The van der Waals surface area contributed by atoms with Gasteiger partial charge in [-0.15, -0.1) is 0 Å². The Bertz CT molecular complexity index is 447. The van der Waals surface area contributed by atoms with Gasteiger partial charge >= 0.3 is 0 Å². The summed E-state index contributed by atoms with van der Waals surface area (Å²) in [7, 11) is 0. The molecule has 0 amide bonds. The van der Waals surface area contributed by atoms with E-state index >= 15 is 0 Å². The van der Waals surface area contributed by atoms with Crippen LogP contribution >= 0.6 is 0 Å². The molecule has 0 atom stereocenters. The molecular formula is C11H14N4. The molecule has 15 heavy (non-hydrogen) atoms. The fourth-order valence-corrected chi connectivity index (χ4v) is 1.49. The molecule has 0 saturated carbocycles. The first-order valence-electron chi connectivity index (χ1n) is 5.01. The molecule has 2 heterocycles. The Kier molecular flexibility index (Phi) is 2.67. The number of pyridine rings is 1. The molecule has 0 radical (unpaired) electrons. The maximum atomic E-state index is 4.25. The van der Waals surface area contributed by atoms with Crippen LogP contribution in [0.1, 0.15) is 12.5 Å². The smallest absolute Gasteiger partial charge is 0.207 e. The summed E-state index contributed by atoms with van der Waals surface area (Å²) >= 11 is 0. The van der Waals surface area contributed by atoms with Gasteiger partial charge < -0.3 is 5.32 Å². The van der Waals surface area contributed by atoms with Crippen molar-refractivity contribution >= 4 is 5.95 Å². The first-order valence-corrected chi connectivity index (χ1v) is 5.01. The Hall–Kier alpha value is -1.84. The number of aromatic nitrogens is 3. The number of anilines is 1. The zero-order valence-corrected chi connectivity index (χ0v) is 8.94. The minimum absolute atomic E-state index is 0.855. The highest BCUT2D eigenvalue weighted by molar-refractivity contribution is 5.44. The van der Waals surface area contributed by atoms with Crippen molar-refractivity contribution in [2.24, 2.45) is 0 Å². The van der Waals surface area contributed by atoms with Crippen molar-refractivity contribution in [3.05, 3.63) is 36.4 Å². The van der Waals surface area contributed by atoms with E-state index in [1.807, 2.05) is 23.0 Å². The molecule has 0 aromatic carbocycles. The van der Waals surface area contributed by atoms with Crippen LogP contribution in [-0.4, -0.2) is 21.1 Å². The fraction of sp³-hybridized carbons (Fsp3) is 0.273. The van der Waals surface area contributed by atoms with Crippen LogP contribution in [0.2, 0.25) is 0 Å². The Labute approximate surface area is 89.0 Å². The van der Waals surface area contributed by atoms with Crippen LogP contribution in [-0.2, 0) is 0 Å². The first-order chi connectivity index (χ1) is 7.33. The standard InChI is InChI=1S/C11H14N4/c1-3-13-11-14-6-7-15(11)10-8-12-5-4-9(10)2/h4-8H,3H2,1-2H3,(H,13,14). The SMILES string of the molecule is CCNc1nccn1-c1cnccc1C. The van der Waals surface area contributed by atoms with Gasteiger partial charge in [-0.3, -0.25) is 9.55 Å². The molecule has 4 heteroatoms. The second-order valence-electron chi connectivity index (χ2n) is 3.31. The molecule has 0 saturated heterocycles. The number of nitrogens with zero attached hydrogens (tertiary/aromatic N) is 3. The quantitative estimate of drug-likeness (QED) is 0.827. The van der Waals surface area contributed by atoms with Crippen LogP contribution < -0.4 is 5.32 Å². The summed E-state index contributed by atoms with van der Waals surface area (Å²) in [6.07, 6.45) is 7.35. The summed E-state index contributed by atoms with van der Waals surface area (Å²) < 4.78 is 2.01. The second kappa shape index (κ2) is 4.13. The molecule has 78 valence electrons. The number of imidazole rings is 1. The summed E-state index contributed by atoms with van der Waals surface area (Å²) in [6.45, 7) is 4.97. The largest absolute Gasteiger partial charge is 0.356 e. The predicted molar refractivity (Wildman–Crippen MR) is 60.3 cm³/mol. The topological polar surface area (TPSA) is 42.7 Å². The molecule has 0 aliphatic carbocycles. The molecule has 0 bridgehead atoms. The summed E-state index contributed by atoms with van der Waals surface area (Å²) in [5.74, 6) is 0.855. The highest BCUT2D eigenvalue weighted by Gasteiger charge is 2.05. The molecule has 0 unspecified atom stereocenters. The van der Waals surface area contributed by atoms with Gasteiger partial charge in [0.1, 0.15) is 0 Å². The van der Waals surface area contributed by atoms with Crippen molar-refractivity contribution in [1.29, 1.82) is 0 Å². The molecule has 2 rings (SSSR count). The van der Waals surface area contributed by atoms with Crippen LogP contribution in [0, 0.1) is 6.92 Å². The summed E-state index contributed by atoms with van der Waals surface area (Å²) in [4.78, 5) is 8.37. The molecular weight excluding hydrogens is 188 g/mol. The van der Waals surface area contributed by atoms with Gasteiger partial charge in [0.15, 0.2) is 0 Å². The molecule has 0 spiro atoms. The maximum Gasteiger partial charge on any atom is 0.207 e. The Morgan fingerprint density at radius 1 is 1.40 bits per heavy atom. The van der Waals surface area contributed by atoms with Crippen molar-refractivity contribution in [1.82, 2.24) is 14.5 Å². The minimum Gasteiger partial charge on any atom is -0.356 e. The maximum absolute atomic E-state index is 4.25. The lowest BCUT2D eigenvalue weighted by Gasteiger charge is -2.09. The highest BCUT2D eigenvalue weighted by Crippen LogP contribution is 2.16. The van der Waals surface area contributed by atoms with Gasteiger partial charge in [-0.2, -0.15) is 0 Å². The van der Waals surface area contributed by atoms with Gasteiger partial charge in [-0.1, -0.05) is 0 Å². The van der Waals surface area contributed by atoms with Crippen molar-refractivity contribution in [2.45, 2.75) is 13.8 Å². The monoisotopic (exact) mass is 202 g/mol. The van der Waals surface area contributed by atoms with E-state index in [-0.39, 0.29) is 0 Å². The molecule has 0 aliphatic heterocycles. The van der Waals surface area contributed by atoms with Gasteiger partial charge in [0.25, 0.3) is 0 Å². The van der Waals surface area contributed by atoms with E-state index in [4.69, 9.17) is 0 Å².